The Morgan fingerprint density at radius 3 is 2.70 bits per heavy atom. The highest BCUT2D eigenvalue weighted by Crippen LogP contribution is 2.22. The summed E-state index contributed by atoms with van der Waals surface area (Å²) in [4.78, 5) is 7.76. The number of aromatic amines is 1. The molecule has 4 rings (SSSR count). The Bertz CT molecular complexity index is 894. The molecule has 1 N–H and O–H groups in total. The van der Waals surface area contributed by atoms with Crippen LogP contribution in [0.4, 0.5) is 0 Å². The van der Waals surface area contributed by atoms with Gasteiger partial charge in [0.25, 0.3) is 0 Å². The molecule has 4 nitrogen and oxygen atoms in total. The van der Waals surface area contributed by atoms with Crippen molar-refractivity contribution in [1.82, 2.24) is 9.97 Å². The first-order valence-corrected chi connectivity index (χ1v) is 6.38. The van der Waals surface area contributed by atoms with Gasteiger partial charge in [0.05, 0.1) is 16.6 Å². The fourth-order valence-corrected chi connectivity index (χ4v) is 2.43. The van der Waals surface area contributed by atoms with Crippen LogP contribution < -0.4 is 4.73 Å². The molecule has 0 aliphatic rings. The van der Waals surface area contributed by atoms with Crippen LogP contribution in [0.2, 0.25) is 0 Å². The van der Waals surface area contributed by atoms with Crippen LogP contribution in [-0.4, -0.2) is 9.97 Å². The number of hydrogen-bond acceptors (Lipinski definition) is 2. The van der Waals surface area contributed by atoms with E-state index in [2.05, 4.69) is 9.97 Å². The Kier molecular flexibility index (Phi) is 2.23. The van der Waals surface area contributed by atoms with Gasteiger partial charge in [-0.1, -0.05) is 24.3 Å². The molecule has 0 radical (unpaired) electrons. The van der Waals surface area contributed by atoms with Crippen molar-refractivity contribution in [3.8, 4) is 11.4 Å². The zero-order valence-electron chi connectivity index (χ0n) is 10.6. The maximum absolute atomic E-state index is 12.1. The van der Waals surface area contributed by atoms with Gasteiger partial charge in [-0.3, -0.25) is 0 Å². The van der Waals surface area contributed by atoms with Crippen LogP contribution in [0.1, 0.15) is 0 Å². The lowest BCUT2D eigenvalue weighted by Gasteiger charge is -2.03. The molecule has 0 bridgehead atoms. The summed E-state index contributed by atoms with van der Waals surface area (Å²) in [6.07, 6.45) is 1.56. The van der Waals surface area contributed by atoms with E-state index in [0.29, 0.717) is 11.3 Å². The second kappa shape index (κ2) is 4.06. The smallest absolute Gasteiger partial charge is 0.223 e. The number of para-hydroxylation sites is 3. The first-order chi connectivity index (χ1) is 9.81. The molecular formula is C16H11N3O. The van der Waals surface area contributed by atoms with Crippen LogP contribution in [-0.2, 0) is 0 Å². The van der Waals surface area contributed by atoms with Gasteiger partial charge in [-0.15, -0.1) is 0 Å². The fraction of sp³-hybridized carbons (Fsp3) is 0. The summed E-state index contributed by atoms with van der Waals surface area (Å²) in [7, 11) is 0. The summed E-state index contributed by atoms with van der Waals surface area (Å²) < 4.78 is 0.887. The molecule has 0 unspecified atom stereocenters. The number of pyridine rings is 1. The molecule has 0 saturated heterocycles. The molecule has 0 aliphatic heterocycles. The van der Waals surface area contributed by atoms with Crippen molar-refractivity contribution in [2.24, 2.45) is 0 Å². The third-order valence-corrected chi connectivity index (χ3v) is 3.40. The third-order valence-electron chi connectivity index (χ3n) is 3.40. The lowest BCUT2D eigenvalue weighted by atomic mass is 10.1. The Hall–Kier alpha value is -2.88. The van der Waals surface area contributed by atoms with E-state index in [1.165, 1.54) is 0 Å². The van der Waals surface area contributed by atoms with E-state index in [1.54, 1.807) is 6.20 Å². The molecule has 20 heavy (non-hydrogen) atoms. The van der Waals surface area contributed by atoms with Gasteiger partial charge in [0.1, 0.15) is 5.82 Å². The largest absolute Gasteiger partial charge is 0.618 e. The standard InChI is InChI=1S/C16H11N3O/c20-19-10-12(9-11-5-1-4-8-15(11)19)16-17-13-6-2-3-7-14(13)18-16/h1-10H,(H,17,18). The lowest BCUT2D eigenvalue weighted by molar-refractivity contribution is -0.576. The minimum absolute atomic E-state index is 0.660. The zero-order chi connectivity index (χ0) is 13.5. The molecule has 0 spiro atoms. The van der Waals surface area contributed by atoms with Gasteiger partial charge in [0.15, 0.2) is 6.20 Å². The molecule has 0 fully saturated rings. The number of hydrogen-bond donors (Lipinski definition) is 1. The molecule has 0 atom stereocenters. The number of aromatic nitrogens is 3. The number of rotatable bonds is 1. The topological polar surface area (TPSA) is 55.6 Å². The molecule has 4 aromatic rings. The number of H-pyrrole nitrogens is 1. The predicted octanol–water partition coefficient (Wildman–Crippen LogP) is 3.02. The average Bonchev–Trinajstić information content (AvgIpc) is 2.91. The third kappa shape index (κ3) is 1.62. The van der Waals surface area contributed by atoms with E-state index in [4.69, 9.17) is 0 Å². The highest BCUT2D eigenvalue weighted by atomic mass is 16.5. The summed E-state index contributed by atoms with van der Waals surface area (Å²) in [5, 5.41) is 13.0. The molecule has 2 aromatic heterocycles. The Morgan fingerprint density at radius 1 is 1.00 bits per heavy atom. The molecule has 2 heterocycles. The molecule has 96 valence electrons. The van der Waals surface area contributed by atoms with Crippen LogP contribution in [0.25, 0.3) is 33.3 Å². The maximum atomic E-state index is 12.1. The molecule has 0 aliphatic carbocycles. The fourth-order valence-electron chi connectivity index (χ4n) is 2.43. The van der Waals surface area contributed by atoms with Crippen LogP contribution in [0.5, 0.6) is 0 Å². The Morgan fingerprint density at radius 2 is 1.80 bits per heavy atom. The second-order valence-corrected chi connectivity index (χ2v) is 4.72. The summed E-state index contributed by atoms with van der Waals surface area (Å²) >= 11 is 0. The van der Waals surface area contributed by atoms with Gasteiger partial charge in [0.2, 0.25) is 5.52 Å². The quantitative estimate of drug-likeness (QED) is 0.423. The van der Waals surface area contributed by atoms with Crippen LogP contribution in [0.3, 0.4) is 0 Å². The second-order valence-electron chi connectivity index (χ2n) is 4.72. The summed E-state index contributed by atoms with van der Waals surface area (Å²) in [5.74, 6) is 0.710. The number of imidazole rings is 1. The van der Waals surface area contributed by atoms with Crippen molar-refractivity contribution >= 4 is 21.9 Å². The van der Waals surface area contributed by atoms with Crippen LogP contribution in [0.15, 0.2) is 60.8 Å². The number of nitrogens with one attached hydrogen (secondary N) is 1. The van der Waals surface area contributed by atoms with E-state index >= 15 is 0 Å². The van der Waals surface area contributed by atoms with Gasteiger partial charge in [0, 0.05) is 11.5 Å². The molecule has 4 heteroatoms. The maximum Gasteiger partial charge on any atom is 0.223 e. The normalized spacial score (nSPS) is 11.2. The van der Waals surface area contributed by atoms with Crippen molar-refractivity contribution in [1.29, 1.82) is 0 Å². The number of fused-ring (bicyclic) bond motifs is 2. The Labute approximate surface area is 114 Å². The number of benzene rings is 2. The van der Waals surface area contributed by atoms with Crippen molar-refractivity contribution in [3.05, 3.63) is 66.0 Å². The van der Waals surface area contributed by atoms with E-state index in [1.807, 2.05) is 54.6 Å². The molecule has 0 amide bonds. The summed E-state index contributed by atoms with van der Waals surface area (Å²) in [6, 6.07) is 17.3. The van der Waals surface area contributed by atoms with E-state index < -0.39 is 0 Å². The van der Waals surface area contributed by atoms with Gasteiger partial charge in [-0.25, -0.2) is 4.98 Å². The van der Waals surface area contributed by atoms with Gasteiger partial charge >= 0.3 is 0 Å². The molecule has 0 saturated carbocycles. The predicted molar refractivity (Wildman–Crippen MR) is 78.0 cm³/mol. The SMILES string of the molecule is [O-][n+]1cc(-c2nc3ccccc3[nH]2)cc2ccccc21. The van der Waals surface area contributed by atoms with Crippen molar-refractivity contribution in [2.75, 3.05) is 0 Å². The van der Waals surface area contributed by atoms with Crippen LogP contribution in [0, 0.1) is 5.21 Å². The molecular weight excluding hydrogens is 250 g/mol. The minimum Gasteiger partial charge on any atom is -0.618 e. The van der Waals surface area contributed by atoms with Crippen LogP contribution >= 0.6 is 0 Å². The summed E-state index contributed by atoms with van der Waals surface area (Å²) in [6.45, 7) is 0. The van der Waals surface area contributed by atoms with Gasteiger partial charge in [-0.2, -0.15) is 4.73 Å². The van der Waals surface area contributed by atoms with Gasteiger partial charge < -0.3 is 10.2 Å². The van der Waals surface area contributed by atoms with E-state index in [-0.39, 0.29) is 0 Å². The first-order valence-electron chi connectivity index (χ1n) is 6.38. The molecule has 2 aromatic carbocycles. The monoisotopic (exact) mass is 261 g/mol. The van der Waals surface area contributed by atoms with Crippen molar-refractivity contribution < 1.29 is 4.73 Å². The lowest BCUT2D eigenvalue weighted by Crippen LogP contribution is -2.26. The van der Waals surface area contributed by atoms with Crippen molar-refractivity contribution in [3.63, 3.8) is 0 Å². The van der Waals surface area contributed by atoms with E-state index in [9.17, 15) is 5.21 Å². The highest BCUT2D eigenvalue weighted by molar-refractivity contribution is 5.83. The van der Waals surface area contributed by atoms with Gasteiger partial charge in [-0.05, 0) is 24.3 Å². The highest BCUT2D eigenvalue weighted by Gasteiger charge is 2.11. The van der Waals surface area contributed by atoms with E-state index in [0.717, 1.165) is 26.7 Å². The van der Waals surface area contributed by atoms with Crippen molar-refractivity contribution in [2.45, 2.75) is 0 Å². The minimum atomic E-state index is 0.660. The Balaban J connectivity index is 1.97. The summed E-state index contributed by atoms with van der Waals surface area (Å²) in [5.41, 5.74) is 3.31. The zero-order valence-corrected chi connectivity index (χ0v) is 10.6. The first kappa shape index (κ1) is 11.0. The number of nitrogens with zero attached hydrogens (tertiary/aromatic N) is 2. The average molecular weight is 261 g/mol.